The quantitative estimate of drug-likeness (QED) is 0.818. The number of nitrogens with one attached hydrogen (secondary N) is 1. The number of carbonyl (C=O) groups excluding carboxylic acids is 1. The van der Waals surface area contributed by atoms with Crippen molar-refractivity contribution in [2.45, 2.75) is 32.6 Å². The molecule has 17 heavy (non-hydrogen) atoms. The summed E-state index contributed by atoms with van der Waals surface area (Å²) >= 11 is 6.09. The molecule has 3 heteroatoms. The number of carbonyl (C=O) groups is 1. The summed E-state index contributed by atoms with van der Waals surface area (Å²) in [5.74, 6) is -0.123. The van der Waals surface area contributed by atoms with Gasteiger partial charge in [-0.15, -0.1) is 11.6 Å². The van der Waals surface area contributed by atoms with E-state index in [1.807, 2.05) is 30.3 Å². The zero-order valence-corrected chi connectivity index (χ0v) is 11.4. The molecule has 1 aromatic rings. The molecule has 0 heterocycles. The number of benzene rings is 1. The van der Waals surface area contributed by atoms with Crippen LogP contribution < -0.4 is 5.32 Å². The highest BCUT2D eigenvalue weighted by Gasteiger charge is 2.17. The standard InChI is InChI=1S/C14H20ClNO/c1-14(2,3)9-10-16-13(17)12(15)11-7-5-4-6-8-11/h4-8,12H,9-10H2,1-3H3,(H,16,17). The first kappa shape index (κ1) is 14.0. The van der Waals surface area contributed by atoms with E-state index in [1.165, 1.54) is 0 Å². The third kappa shape index (κ3) is 5.22. The second kappa shape index (κ2) is 6.06. The Morgan fingerprint density at radius 1 is 1.29 bits per heavy atom. The van der Waals surface area contributed by atoms with E-state index in [-0.39, 0.29) is 11.3 Å². The van der Waals surface area contributed by atoms with Crippen molar-refractivity contribution < 1.29 is 4.79 Å². The van der Waals surface area contributed by atoms with Gasteiger partial charge in [-0.3, -0.25) is 4.79 Å². The Kier molecular flexibility index (Phi) is 5.01. The highest BCUT2D eigenvalue weighted by molar-refractivity contribution is 6.30. The van der Waals surface area contributed by atoms with Gasteiger partial charge in [0.15, 0.2) is 0 Å². The zero-order valence-electron chi connectivity index (χ0n) is 10.7. The van der Waals surface area contributed by atoms with Crippen LogP contribution in [0.5, 0.6) is 0 Å². The van der Waals surface area contributed by atoms with Crippen molar-refractivity contribution in [3.05, 3.63) is 35.9 Å². The van der Waals surface area contributed by atoms with E-state index >= 15 is 0 Å². The van der Waals surface area contributed by atoms with E-state index in [2.05, 4.69) is 26.1 Å². The van der Waals surface area contributed by atoms with E-state index in [1.54, 1.807) is 0 Å². The van der Waals surface area contributed by atoms with E-state index in [0.717, 1.165) is 12.0 Å². The average Bonchev–Trinajstić information content (AvgIpc) is 2.27. The summed E-state index contributed by atoms with van der Waals surface area (Å²) in [6, 6.07) is 9.40. The third-order valence-corrected chi connectivity index (χ3v) is 2.95. The summed E-state index contributed by atoms with van der Waals surface area (Å²) in [5, 5.41) is 2.27. The Bertz CT molecular complexity index is 356. The van der Waals surface area contributed by atoms with E-state index in [9.17, 15) is 4.79 Å². The van der Waals surface area contributed by atoms with Crippen molar-refractivity contribution in [3.63, 3.8) is 0 Å². The van der Waals surface area contributed by atoms with Gasteiger partial charge in [0.05, 0.1) is 0 Å². The van der Waals surface area contributed by atoms with E-state index < -0.39 is 5.38 Å². The van der Waals surface area contributed by atoms with Crippen LogP contribution in [0.3, 0.4) is 0 Å². The first-order valence-corrected chi connectivity index (χ1v) is 6.30. The van der Waals surface area contributed by atoms with Gasteiger partial charge in [0.25, 0.3) is 0 Å². The van der Waals surface area contributed by atoms with Gasteiger partial charge in [0.2, 0.25) is 5.91 Å². The van der Waals surface area contributed by atoms with Crippen molar-refractivity contribution >= 4 is 17.5 Å². The molecule has 2 nitrogen and oxygen atoms in total. The summed E-state index contributed by atoms with van der Waals surface area (Å²) in [7, 11) is 0. The number of hydrogen-bond donors (Lipinski definition) is 1. The Labute approximate surface area is 108 Å². The number of amides is 1. The monoisotopic (exact) mass is 253 g/mol. The highest BCUT2D eigenvalue weighted by atomic mass is 35.5. The Morgan fingerprint density at radius 3 is 2.41 bits per heavy atom. The van der Waals surface area contributed by atoms with Crippen LogP contribution in [0.4, 0.5) is 0 Å². The van der Waals surface area contributed by atoms with Gasteiger partial charge in [-0.1, -0.05) is 51.1 Å². The molecule has 1 atom stereocenters. The minimum atomic E-state index is -0.601. The molecule has 1 rings (SSSR count). The Hall–Kier alpha value is -1.02. The molecule has 1 amide bonds. The van der Waals surface area contributed by atoms with Crippen molar-refractivity contribution in [3.8, 4) is 0 Å². The summed E-state index contributed by atoms with van der Waals surface area (Å²) in [6.45, 7) is 7.11. The average molecular weight is 254 g/mol. The summed E-state index contributed by atoms with van der Waals surface area (Å²) in [6.07, 6.45) is 0.942. The largest absolute Gasteiger partial charge is 0.355 e. The maximum Gasteiger partial charge on any atom is 0.242 e. The van der Waals surface area contributed by atoms with E-state index in [4.69, 9.17) is 11.6 Å². The lowest BCUT2D eigenvalue weighted by Gasteiger charge is -2.18. The van der Waals surface area contributed by atoms with Crippen LogP contribution >= 0.6 is 11.6 Å². The van der Waals surface area contributed by atoms with Crippen molar-refractivity contribution in [2.75, 3.05) is 6.54 Å². The lowest BCUT2D eigenvalue weighted by molar-refractivity contribution is -0.120. The van der Waals surface area contributed by atoms with Crippen molar-refractivity contribution in [1.82, 2.24) is 5.32 Å². The number of alkyl halides is 1. The molecular weight excluding hydrogens is 234 g/mol. The van der Waals surface area contributed by atoms with Gasteiger partial charge < -0.3 is 5.32 Å². The molecule has 0 aliphatic heterocycles. The minimum Gasteiger partial charge on any atom is -0.355 e. The molecule has 0 aromatic heterocycles. The molecule has 1 aromatic carbocycles. The molecule has 1 N–H and O–H groups in total. The van der Waals surface area contributed by atoms with Gasteiger partial charge >= 0.3 is 0 Å². The lowest BCUT2D eigenvalue weighted by atomic mass is 9.92. The Balaban J connectivity index is 2.43. The lowest BCUT2D eigenvalue weighted by Crippen LogP contribution is -2.30. The highest BCUT2D eigenvalue weighted by Crippen LogP contribution is 2.21. The topological polar surface area (TPSA) is 29.1 Å². The van der Waals surface area contributed by atoms with Crippen LogP contribution in [-0.4, -0.2) is 12.5 Å². The fraction of sp³-hybridized carbons (Fsp3) is 0.500. The van der Waals surface area contributed by atoms with Crippen molar-refractivity contribution in [1.29, 1.82) is 0 Å². The summed E-state index contributed by atoms with van der Waals surface area (Å²) < 4.78 is 0. The molecule has 0 spiro atoms. The number of halogens is 1. The molecule has 0 bridgehead atoms. The fourth-order valence-corrected chi connectivity index (χ4v) is 1.65. The molecule has 1 unspecified atom stereocenters. The molecule has 0 aliphatic rings. The van der Waals surface area contributed by atoms with Crippen LogP contribution in [0.1, 0.15) is 38.1 Å². The van der Waals surface area contributed by atoms with Crippen LogP contribution in [0, 0.1) is 5.41 Å². The molecule has 0 fully saturated rings. The van der Waals surface area contributed by atoms with Crippen LogP contribution in [0.15, 0.2) is 30.3 Å². The molecule has 94 valence electrons. The zero-order chi connectivity index (χ0) is 12.9. The maximum absolute atomic E-state index is 11.8. The van der Waals surface area contributed by atoms with Gasteiger partial charge in [-0.2, -0.15) is 0 Å². The number of rotatable bonds is 4. The predicted molar refractivity (Wildman–Crippen MR) is 72.1 cm³/mol. The third-order valence-electron chi connectivity index (χ3n) is 2.50. The second-order valence-electron chi connectivity index (χ2n) is 5.37. The van der Waals surface area contributed by atoms with Crippen LogP contribution in [0.2, 0.25) is 0 Å². The molecule has 0 saturated heterocycles. The Morgan fingerprint density at radius 2 is 1.88 bits per heavy atom. The first-order valence-electron chi connectivity index (χ1n) is 5.87. The van der Waals surface area contributed by atoms with Gasteiger partial charge in [-0.05, 0) is 17.4 Å². The van der Waals surface area contributed by atoms with E-state index in [0.29, 0.717) is 6.54 Å². The van der Waals surface area contributed by atoms with Gasteiger partial charge in [0.1, 0.15) is 5.38 Å². The molecule has 0 saturated carbocycles. The first-order chi connectivity index (χ1) is 7.90. The van der Waals surface area contributed by atoms with Crippen LogP contribution in [0.25, 0.3) is 0 Å². The minimum absolute atomic E-state index is 0.123. The van der Waals surface area contributed by atoms with Crippen LogP contribution in [-0.2, 0) is 4.79 Å². The normalized spacial score (nSPS) is 13.2. The summed E-state index contributed by atoms with van der Waals surface area (Å²) in [5.41, 5.74) is 1.06. The maximum atomic E-state index is 11.8. The number of hydrogen-bond acceptors (Lipinski definition) is 1. The smallest absolute Gasteiger partial charge is 0.242 e. The fourth-order valence-electron chi connectivity index (χ4n) is 1.42. The van der Waals surface area contributed by atoms with Gasteiger partial charge in [0, 0.05) is 6.54 Å². The van der Waals surface area contributed by atoms with Crippen molar-refractivity contribution in [2.24, 2.45) is 5.41 Å². The molecule has 0 aliphatic carbocycles. The summed E-state index contributed by atoms with van der Waals surface area (Å²) in [4.78, 5) is 11.8. The predicted octanol–water partition coefficient (Wildman–Crippen LogP) is 3.52. The molecule has 0 radical (unpaired) electrons. The second-order valence-corrected chi connectivity index (χ2v) is 5.81. The molecular formula is C14H20ClNO. The SMILES string of the molecule is CC(C)(C)CCNC(=O)C(Cl)c1ccccc1. The van der Waals surface area contributed by atoms with Gasteiger partial charge in [-0.25, -0.2) is 0 Å².